The predicted octanol–water partition coefficient (Wildman–Crippen LogP) is 2.39. The molecule has 0 radical (unpaired) electrons. The molecule has 21 heavy (non-hydrogen) atoms. The molecule has 114 valence electrons. The molecule has 1 saturated carbocycles. The van der Waals surface area contributed by atoms with E-state index in [0.717, 1.165) is 0 Å². The van der Waals surface area contributed by atoms with Gasteiger partial charge in [0.05, 0.1) is 0 Å². The van der Waals surface area contributed by atoms with Gasteiger partial charge in [0.1, 0.15) is 11.6 Å². The Kier molecular flexibility index (Phi) is 4.55. The molecule has 0 heterocycles. The van der Waals surface area contributed by atoms with Crippen molar-refractivity contribution in [2.24, 2.45) is 5.92 Å². The maximum atomic E-state index is 13.6. The van der Waals surface area contributed by atoms with E-state index < -0.39 is 29.4 Å². The van der Waals surface area contributed by atoms with Gasteiger partial charge in [0.15, 0.2) is 0 Å². The fourth-order valence-electron chi connectivity index (χ4n) is 2.51. The Labute approximate surface area is 121 Å². The number of carbonyl (C=O) groups excluding carboxylic acids is 1. The second kappa shape index (κ2) is 6.20. The minimum atomic E-state index is -0.909. The lowest BCUT2D eigenvalue weighted by Gasteiger charge is -2.16. The van der Waals surface area contributed by atoms with Crippen LogP contribution in [0, 0.1) is 17.6 Å². The molecule has 1 amide bonds. The molecule has 0 saturated heterocycles. The molecule has 2 atom stereocenters. The van der Waals surface area contributed by atoms with Gasteiger partial charge < -0.3 is 10.0 Å². The number of hydrogen-bond acceptors (Lipinski definition) is 2. The number of carboxylic acid groups (broad SMARTS) is 1. The van der Waals surface area contributed by atoms with E-state index in [1.807, 2.05) is 0 Å². The van der Waals surface area contributed by atoms with Crippen LogP contribution in [0.5, 0.6) is 0 Å². The van der Waals surface area contributed by atoms with E-state index in [-0.39, 0.29) is 17.9 Å². The van der Waals surface area contributed by atoms with Crippen LogP contribution in [0.2, 0.25) is 0 Å². The first kappa shape index (κ1) is 15.4. The number of halogens is 2. The predicted molar refractivity (Wildman–Crippen MR) is 71.7 cm³/mol. The van der Waals surface area contributed by atoms with E-state index in [1.54, 1.807) is 7.05 Å². The average molecular weight is 297 g/mol. The molecule has 2 rings (SSSR count). The third-order valence-electron chi connectivity index (χ3n) is 3.74. The molecule has 0 unspecified atom stereocenters. The number of carboxylic acids is 1. The largest absolute Gasteiger partial charge is 0.481 e. The highest BCUT2D eigenvalue weighted by atomic mass is 19.1. The van der Waals surface area contributed by atoms with Crippen molar-refractivity contribution in [1.29, 1.82) is 0 Å². The van der Waals surface area contributed by atoms with E-state index in [1.165, 1.54) is 23.1 Å². The van der Waals surface area contributed by atoms with Crippen LogP contribution in [0.3, 0.4) is 0 Å². The number of amides is 1. The first-order chi connectivity index (χ1) is 9.91. The van der Waals surface area contributed by atoms with Crippen molar-refractivity contribution < 1.29 is 23.5 Å². The molecule has 0 aromatic heterocycles. The summed E-state index contributed by atoms with van der Waals surface area (Å²) in [7, 11) is 1.58. The van der Waals surface area contributed by atoms with Gasteiger partial charge >= 0.3 is 5.97 Å². The van der Waals surface area contributed by atoms with Gasteiger partial charge in [-0.15, -0.1) is 0 Å². The Bertz CT molecular complexity index is 542. The van der Waals surface area contributed by atoms with Gasteiger partial charge in [0, 0.05) is 37.4 Å². The van der Waals surface area contributed by atoms with E-state index in [0.29, 0.717) is 19.4 Å². The van der Waals surface area contributed by atoms with Crippen LogP contribution in [0.4, 0.5) is 8.78 Å². The zero-order valence-corrected chi connectivity index (χ0v) is 11.7. The molecule has 1 aromatic rings. The van der Waals surface area contributed by atoms with E-state index in [9.17, 15) is 18.4 Å². The van der Waals surface area contributed by atoms with E-state index >= 15 is 0 Å². The first-order valence-corrected chi connectivity index (χ1v) is 6.82. The zero-order chi connectivity index (χ0) is 15.6. The lowest BCUT2D eigenvalue weighted by atomic mass is 10.1. The number of aliphatic carboxylic acids is 1. The summed E-state index contributed by atoms with van der Waals surface area (Å²) in [5.41, 5.74) is -0.0187. The fourth-order valence-corrected chi connectivity index (χ4v) is 2.51. The topological polar surface area (TPSA) is 57.6 Å². The van der Waals surface area contributed by atoms with Crippen LogP contribution in [0.25, 0.3) is 0 Å². The highest BCUT2D eigenvalue weighted by molar-refractivity contribution is 5.82. The van der Waals surface area contributed by atoms with Crippen LogP contribution in [-0.4, -0.2) is 35.5 Å². The van der Waals surface area contributed by atoms with Crippen molar-refractivity contribution in [2.45, 2.75) is 25.2 Å². The second-order valence-electron chi connectivity index (χ2n) is 5.34. The third-order valence-corrected chi connectivity index (χ3v) is 3.74. The summed E-state index contributed by atoms with van der Waals surface area (Å²) in [6, 6.07) is 3.68. The summed E-state index contributed by atoms with van der Waals surface area (Å²) in [5.74, 6) is -3.17. The molecular formula is C15H17F2NO3. The summed E-state index contributed by atoms with van der Waals surface area (Å²) in [5, 5.41) is 8.55. The van der Waals surface area contributed by atoms with Gasteiger partial charge in [-0.05, 0) is 25.0 Å². The maximum Gasteiger partial charge on any atom is 0.303 e. The van der Waals surface area contributed by atoms with Gasteiger partial charge in [0.2, 0.25) is 5.91 Å². The van der Waals surface area contributed by atoms with Gasteiger partial charge in [-0.1, -0.05) is 6.07 Å². The Morgan fingerprint density at radius 1 is 1.33 bits per heavy atom. The minimum absolute atomic E-state index is 0.00629. The Morgan fingerprint density at radius 2 is 1.95 bits per heavy atom. The minimum Gasteiger partial charge on any atom is -0.481 e. The Morgan fingerprint density at radius 3 is 2.52 bits per heavy atom. The van der Waals surface area contributed by atoms with Crippen molar-refractivity contribution in [3.8, 4) is 0 Å². The molecule has 6 heteroatoms. The fraction of sp³-hybridized carbons (Fsp3) is 0.467. The van der Waals surface area contributed by atoms with Crippen LogP contribution in [0.1, 0.15) is 30.7 Å². The highest BCUT2D eigenvalue weighted by Gasteiger charge is 2.47. The average Bonchev–Trinajstić information content (AvgIpc) is 3.17. The molecule has 1 aliphatic carbocycles. The molecular weight excluding hydrogens is 280 g/mol. The van der Waals surface area contributed by atoms with Gasteiger partial charge in [-0.3, -0.25) is 9.59 Å². The Hall–Kier alpha value is -1.98. The molecule has 1 aromatic carbocycles. The molecule has 1 aliphatic rings. The lowest BCUT2D eigenvalue weighted by Crippen LogP contribution is -2.29. The molecule has 0 spiro atoms. The van der Waals surface area contributed by atoms with E-state index in [4.69, 9.17) is 5.11 Å². The summed E-state index contributed by atoms with van der Waals surface area (Å²) in [6.45, 7) is 0.327. The number of benzene rings is 1. The monoisotopic (exact) mass is 297 g/mol. The van der Waals surface area contributed by atoms with Crippen molar-refractivity contribution in [2.75, 3.05) is 13.6 Å². The summed E-state index contributed by atoms with van der Waals surface area (Å²) < 4.78 is 27.3. The van der Waals surface area contributed by atoms with Crippen LogP contribution in [-0.2, 0) is 9.59 Å². The molecule has 1 N–H and O–H groups in total. The van der Waals surface area contributed by atoms with Crippen molar-refractivity contribution in [3.05, 3.63) is 35.4 Å². The van der Waals surface area contributed by atoms with Crippen LogP contribution >= 0.6 is 0 Å². The smallest absolute Gasteiger partial charge is 0.303 e. The quantitative estimate of drug-likeness (QED) is 0.877. The van der Waals surface area contributed by atoms with Crippen molar-refractivity contribution in [1.82, 2.24) is 4.90 Å². The number of carbonyl (C=O) groups is 2. The highest BCUT2D eigenvalue weighted by Crippen LogP contribution is 2.49. The van der Waals surface area contributed by atoms with Crippen molar-refractivity contribution in [3.63, 3.8) is 0 Å². The number of rotatable bonds is 6. The van der Waals surface area contributed by atoms with Gasteiger partial charge in [-0.25, -0.2) is 8.78 Å². The van der Waals surface area contributed by atoms with Crippen molar-refractivity contribution >= 4 is 11.9 Å². The summed E-state index contributed by atoms with van der Waals surface area (Å²) in [4.78, 5) is 24.0. The van der Waals surface area contributed by atoms with Gasteiger partial charge in [0.25, 0.3) is 0 Å². The maximum absolute atomic E-state index is 13.6. The third kappa shape index (κ3) is 3.56. The summed E-state index contributed by atoms with van der Waals surface area (Å²) >= 11 is 0. The number of hydrogen-bond donors (Lipinski definition) is 1. The lowest BCUT2D eigenvalue weighted by molar-refractivity contribution is -0.138. The first-order valence-electron chi connectivity index (χ1n) is 6.82. The molecule has 0 bridgehead atoms. The normalized spacial score (nSPS) is 20.1. The molecule has 1 fully saturated rings. The zero-order valence-electron chi connectivity index (χ0n) is 11.7. The second-order valence-corrected chi connectivity index (χ2v) is 5.34. The standard InChI is InChI=1S/C15H17F2NO3/c1-18(7-3-6-13(19)20)15(21)10-8-9(10)14-11(16)4-2-5-12(14)17/h2,4-5,9-10H,3,6-8H2,1H3,(H,19,20)/t9-,10-/m1/s1. The Balaban J connectivity index is 1.93. The van der Waals surface area contributed by atoms with Gasteiger partial charge in [-0.2, -0.15) is 0 Å². The van der Waals surface area contributed by atoms with Crippen LogP contribution < -0.4 is 0 Å². The molecule has 0 aliphatic heterocycles. The van der Waals surface area contributed by atoms with E-state index in [2.05, 4.69) is 0 Å². The summed E-state index contributed by atoms with van der Waals surface area (Å²) in [6.07, 6.45) is 0.788. The molecule has 4 nitrogen and oxygen atoms in total. The van der Waals surface area contributed by atoms with Crippen LogP contribution in [0.15, 0.2) is 18.2 Å². The SMILES string of the molecule is CN(CCCC(=O)O)C(=O)[C@@H]1C[C@H]1c1c(F)cccc1F. The number of nitrogens with zero attached hydrogens (tertiary/aromatic N) is 1.